The minimum absolute atomic E-state index is 0.154. The van der Waals surface area contributed by atoms with Crippen LogP contribution in [0.5, 0.6) is 5.75 Å². The number of ether oxygens (including phenoxy) is 1. The number of rotatable bonds is 4. The summed E-state index contributed by atoms with van der Waals surface area (Å²) in [5, 5.41) is 6.48. The average Bonchev–Trinajstić information content (AvgIpc) is 2.44. The number of carbonyl (C=O) groups excluding carboxylic acids is 1. The van der Waals surface area contributed by atoms with Gasteiger partial charge in [0.2, 0.25) is 5.91 Å². The molecule has 0 aliphatic rings. The van der Waals surface area contributed by atoms with Crippen LogP contribution in [0.2, 0.25) is 5.02 Å². The van der Waals surface area contributed by atoms with Gasteiger partial charge in [-0.2, -0.15) is 0 Å². The summed E-state index contributed by atoms with van der Waals surface area (Å²) in [6, 6.07) is 7.21. The Labute approximate surface area is 128 Å². The molecule has 0 aliphatic heterocycles. The number of halogens is 1. The van der Waals surface area contributed by atoms with E-state index in [1.807, 2.05) is 19.1 Å². The zero-order valence-electron chi connectivity index (χ0n) is 12.0. The maximum atomic E-state index is 10.9. The van der Waals surface area contributed by atoms with Crippen LogP contribution >= 0.6 is 11.6 Å². The molecular formula is C15H16ClN3O2. The van der Waals surface area contributed by atoms with E-state index in [0.717, 1.165) is 16.9 Å². The number of benzene rings is 1. The van der Waals surface area contributed by atoms with Crippen molar-refractivity contribution in [1.82, 2.24) is 4.98 Å². The number of aromatic nitrogens is 1. The highest BCUT2D eigenvalue weighted by atomic mass is 35.5. The maximum Gasteiger partial charge on any atom is 0.222 e. The van der Waals surface area contributed by atoms with Crippen LogP contribution in [0.4, 0.5) is 17.2 Å². The molecule has 2 N–H and O–H groups in total. The Morgan fingerprint density at radius 2 is 2.10 bits per heavy atom. The third kappa shape index (κ3) is 3.86. The van der Waals surface area contributed by atoms with E-state index in [1.165, 1.54) is 6.92 Å². The Bertz CT molecular complexity index is 657. The molecule has 1 heterocycles. The van der Waals surface area contributed by atoms with Gasteiger partial charge in [-0.15, -0.1) is 0 Å². The Kier molecular flexibility index (Phi) is 4.65. The molecule has 1 aromatic carbocycles. The van der Waals surface area contributed by atoms with Gasteiger partial charge < -0.3 is 15.4 Å². The van der Waals surface area contributed by atoms with E-state index in [2.05, 4.69) is 15.6 Å². The summed E-state index contributed by atoms with van der Waals surface area (Å²) in [7, 11) is 1.59. The first-order valence-corrected chi connectivity index (χ1v) is 6.72. The maximum absolute atomic E-state index is 10.9. The van der Waals surface area contributed by atoms with Crippen LogP contribution in [-0.2, 0) is 4.79 Å². The SMILES string of the molecule is COc1cc(Cl)c(C)cc1Nc1ccc(NC(C)=O)nc1. The van der Waals surface area contributed by atoms with Gasteiger partial charge in [-0.05, 0) is 30.7 Å². The molecule has 2 rings (SSSR count). The number of nitrogens with one attached hydrogen (secondary N) is 2. The Morgan fingerprint density at radius 1 is 1.33 bits per heavy atom. The average molecular weight is 306 g/mol. The van der Waals surface area contributed by atoms with Crippen LogP contribution in [0.25, 0.3) is 0 Å². The predicted octanol–water partition coefficient (Wildman–Crippen LogP) is 3.75. The van der Waals surface area contributed by atoms with Crippen molar-refractivity contribution in [3.8, 4) is 5.75 Å². The first kappa shape index (κ1) is 15.1. The lowest BCUT2D eigenvalue weighted by molar-refractivity contribution is -0.114. The van der Waals surface area contributed by atoms with Gasteiger partial charge in [0.05, 0.1) is 24.7 Å². The zero-order chi connectivity index (χ0) is 15.4. The number of anilines is 3. The number of hydrogen-bond acceptors (Lipinski definition) is 4. The number of amides is 1. The molecule has 6 heteroatoms. The number of methoxy groups -OCH3 is 1. The smallest absolute Gasteiger partial charge is 0.222 e. The molecule has 0 saturated carbocycles. The summed E-state index contributed by atoms with van der Waals surface area (Å²) < 4.78 is 5.31. The summed E-state index contributed by atoms with van der Waals surface area (Å²) >= 11 is 6.08. The third-order valence-corrected chi connectivity index (χ3v) is 3.23. The van der Waals surface area contributed by atoms with Crippen LogP contribution in [0.1, 0.15) is 12.5 Å². The van der Waals surface area contributed by atoms with E-state index >= 15 is 0 Å². The zero-order valence-corrected chi connectivity index (χ0v) is 12.8. The molecule has 1 amide bonds. The number of aryl methyl sites for hydroxylation is 1. The van der Waals surface area contributed by atoms with Crippen molar-refractivity contribution in [3.05, 3.63) is 41.0 Å². The molecule has 0 radical (unpaired) electrons. The highest BCUT2D eigenvalue weighted by Gasteiger charge is 2.07. The predicted molar refractivity (Wildman–Crippen MR) is 84.6 cm³/mol. The molecule has 0 saturated heterocycles. The van der Waals surface area contributed by atoms with Gasteiger partial charge in [-0.3, -0.25) is 4.79 Å². The first-order chi connectivity index (χ1) is 9.99. The molecule has 0 atom stereocenters. The van der Waals surface area contributed by atoms with Gasteiger partial charge in [0, 0.05) is 18.0 Å². The molecule has 1 aromatic heterocycles. The molecule has 0 fully saturated rings. The van der Waals surface area contributed by atoms with Crippen molar-refractivity contribution in [1.29, 1.82) is 0 Å². The minimum Gasteiger partial charge on any atom is -0.495 e. The second kappa shape index (κ2) is 6.45. The molecular weight excluding hydrogens is 290 g/mol. The summed E-state index contributed by atoms with van der Waals surface area (Å²) in [6.45, 7) is 3.36. The number of nitrogens with zero attached hydrogens (tertiary/aromatic N) is 1. The molecule has 2 aromatic rings. The van der Waals surface area contributed by atoms with Crippen LogP contribution in [0.15, 0.2) is 30.5 Å². The fraction of sp³-hybridized carbons (Fsp3) is 0.200. The van der Waals surface area contributed by atoms with Gasteiger partial charge in [0.25, 0.3) is 0 Å². The minimum atomic E-state index is -0.154. The van der Waals surface area contributed by atoms with Crippen molar-refractivity contribution in [2.24, 2.45) is 0 Å². The molecule has 0 spiro atoms. The van der Waals surface area contributed by atoms with E-state index in [0.29, 0.717) is 16.6 Å². The number of hydrogen-bond donors (Lipinski definition) is 2. The molecule has 5 nitrogen and oxygen atoms in total. The lowest BCUT2D eigenvalue weighted by Gasteiger charge is -2.13. The summed E-state index contributed by atoms with van der Waals surface area (Å²) in [5.41, 5.74) is 2.53. The van der Waals surface area contributed by atoms with Crippen molar-refractivity contribution >= 4 is 34.7 Å². The summed E-state index contributed by atoms with van der Waals surface area (Å²) in [6.07, 6.45) is 1.63. The molecule has 110 valence electrons. The molecule has 0 aliphatic carbocycles. The van der Waals surface area contributed by atoms with Crippen molar-refractivity contribution in [2.75, 3.05) is 17.7 Å². The lowest BCUT2D eigenvalue weighted by atomic mass is 10.2. The van der Waals surface area contributed by atoms with Crippen LogP contribution < -0.4 is 15.4 Å². The Morgan fingerprint density at radius 3 is 2.67 bits per heavy atom. The third-order valence-electron chi connectivity index (χ3n) is 2.83. The fourth-order valence-electron chi connectivity index (χ4n) is 1.81. The van der Waals surface area contributed by atoms with E-state index in [4.69, 9.17) is 16.3 Å². The van der Waals surface area contributed by atoms with Gasteiger partial charge in [-0.25, -0.2) is 4.98 Å². The molecule has 0 bridgehead atoms. The van der Waals surface area contributed by atoms with Crippen molar-refractivity contribution in [3.63, 3.8) is 0 Å². The van der Waals surface area contributed by atoms with Crippen LogP contribution in [0.3, 0.4) is 0 Å². The van der Waals surface area contributed by atoms with Gasteiger partial charge in [-0.1, -0.05) is 11.6 Å². The first-order valence-electron chi connectivity index (χ1n) is 6.34. The van der Waals surface area contributed by atoms with Gasteiger partial charge >= 0.3 is 0 Å². The van der Waals surface area contributed by atoms with E-state index in [-0.39, 0.29) is 5.91 Å². The molecule has 21 heavy (non-hydrogen) atoms. The molecule has 0 unspecified atom stereocenters. The van der Waals surface area contributed by atoms with Crippen LogP contribution in [0, 0.1) is 6.92 Å². The van der Waals surface area contributed by atoms with Crippen molar-refractivity contribution in [2.45, 2.75) is 13.8 Å². The standard InChI is InChI=1S/C15H16ClN3O2/c1-9-6-13(14(21-3)7-12(9)16)19-11-4-5-15(17-8-11)18-10(2)20/h4-8,19H,1-3H3,(H,17,18,20). The Balaban J connectivity index is 2.21. The largest absolute Gasteiger partial charge is 0.495 e. The highest BCUT2D eigenvalue weighted by molar-refractivity contribution is 6.31. The van der Waals surface area contributed by atoms with E-state index in [1.54, 1.807) is 25.4 Å². The van der Waals surface area contributed by atoms with E-state index < -0.39 is 0 Å². The fourth-order valence-corrected chi connectivity index (χ4v) is 1.96. The highest BCUT2D eigenvalue weighted by Crippen LogP contribution is 2.32. The summed E-state index contributed by atoms with van der Waals surface area (Å²) in [5.74, 6) is 1.00. The monoisotopic (exact) mass is 305 g/mol. The topological polar surface area (TPSA) is 63.2 Å². The van der Waals surface area contributed by atoms with Crippen LogP contribution in [-0.4, -0.2) is 18.0 Å². The van der Waals surface area contributed by atoms with Crippen molar-refractivity contribution < 1.29 is 9.53 Å². The number of carbonyl (C=O) groups is 1. The van der Waals surface area contributed by atoms with Gasteiger partial charge in [0.1, 0.15) is 11.6 Å². The Hall–Kier alpha value is -2.27. The second-order valence-electron chi connectivity index (χ2n) is 4.54. The summed E-state index contributed by atoms with van der Waals surface area (Å²) in [4.78, 5) is 15.1. The number of pyridine rings is 1. The lowest BCUT2D eigenvalue weighted by Crippen LogP contribution is -2.07. The second-order valence-corrected chi connectivity index (χ2v) is 4.95. The van der Waals surface area contributed by atoms with Gasteiger partial charge in [0.15, 0.2) is 0 Å². The quantitative estimate of drug-likeness (QED) is 0.903. The normalized spacial score (nSPS) is 10.1. The van der Waals surface area contributed by atoms with E-state index in [9.17, 15) is 4.79 Å².